The van der Waals surface area contributed by atoms with Gasteiger partial charge in [0, 0.05) is 29.3 Å². The normalized spacial score (nSPS) is 20.8. The molecule has 0 radical (unpaired) electrons. The molecule has 1 fully saturated rings. The van der Waals surface area contributed by atoms with E-state index in [1.165, 1.54) is 18.5 Å². The zero-order chi connectivity index (χ0) is 17.4. The van der Waals surface area contributed by atoms with Crippen molar-refractivity contribution in [3.63, 3.8) is 0 Å². The van der Waals surface area contributed by atoms with E-state index >= 15 is 0 Å². The van der Waals surface area contributed by atoms with Gasteiger partial charge in [0.05, 0.1) is 23.6 Å². The Morgan fingerprint density at radius 3 is 3.00 bits per heavy atom. The third-order valence-electron chi connectivity index (χ3n) is 4.34. The predicted octanol–water partition coefficient (Wildman–Crippen LogP) is 2.55. The fraction of sp³-hybridized carbons (Fsp3) is 0.353. The second-order valence-corrected chi connectivity index (χ2v) is 6.11. The van der Waals surface area contributed by atoms with E-state index < -0.39 is 18.1 Å². The number of benzene rings is 1. The molecule has 0 bridgehead atoms. The molecule has 6 nitrogen and oxygen atoms in total. The standard InChI is InChI=1S/C17H17F2N5O/c1-9-10-4-11(12(18)5-14(10)24-23-9)15-7-21-8-17(22-15)25-16-2-3-20-6-13(16)19/h4-5,7-8,13,16,20H,2-3,6H2,1H3,(H,23,24)/t13-,16?/m0/s1. The molecule has 1 aliphatic rings. The van der Waals surface area contributed by atoms with E-state index in [9.17, 15) is 8.78 Å². The SMILES string of the molecule is Cc1[nH]nc2cc(F)c(-c3cncc(OC4CCNC[C@@H]4F)n3)cc12. The molecule has 1 aliphatic heterocycles. The van der Waals surface area contributed by atoms with Gasteiger partial charge in [-0.05, 0) is 26.0 Å². The number of nitrogens with zero attached hydrogens (tertiary/aromatic N) is 3. The lowest BCUT2D eigenvalue weighted by Crippen LogP contribution is -2.44. The smallest absolute Gasteiger partial charge is 0.233 e. The van der Waals surface area contributed by atoms with Crippen molar-refractivity contribution in [2.24, 2.45) is 0 Å². The maximum Gasteiger partial charge on any atom is 0.233 e. The average Bonchev–Trinajstić information content (AvgIpc) is 2.96. The van der Waals surface area contributed by atoms with Crippen LogP contribution in [0.4, 0.5) is 8.78 Å². The summed E-state index contributed by atoms with van der Waals surface area (Å²) in [6.45, 7) is 2.80. The maximum absolute atomic E-state index is 14.4. The summed E-state index contributed by atoms with van der Waals surface area (Å²) in [7, 11) is 0. The van der Waals surface area contributed by atoms with Crippen LogP contribution in [0.15, 0.2) is 24.5 Å². The minimum atomic E-state index is -1.11. The van der Waals surface area contributed by atoms with Gasteiger partial charge in [0.1, 0.15) is 18.1 Å². The summed E-state index contributed by atoms with van der Waals surface area (Å²) in [5.41, 5.74) is 2.03. The molecule has 8 heteroatoms. The van der Waals surface area contributed by atoms with Crippen molar-refractivity contribution in [1.29, 1.82) is 0 Å². The first kappa shape index (κ1) is 15.9. The van der Waals surface area contributed by atoms with Crippen LogP contribution in [0.25, 0.3) is 22.2 Å². The number of hydrogen-bond donors (Lipinski definition) is 2. The molecule has 0 aliphatic carbocycles. The topological polar surface area (TPSA) is 75.7 Å². The first-order valence-corrected chi connectivity index (χ1v) is 8.10. The van der Waals surface area contributed by atoms with Gasteiger partial charge < -0.3 is 10.1 Å². The summed E-state index contributed by atoms with van der Waals surface area (Å²) in [5.74, 6) is -0.258. The number of aromatic amines is 1. The van der Waals surface area contributed by atoms with Crippen LogP contribution in [-0.4, -0.2) is 45.5 Å². The molecular weight excluding hydrogens is 328 g/mol. The Hall–Kier alpha value is -2.61. The number of hydrogen-bond acceptors (Lipinski definition) is 5. The average molecular weight is 345 g/mol. The van der Waals surface area contributed by atoms with Gasteiger partial charge in [0.25, 0.3) is 0 Å². The van der Waals surface area contributed by atoms with Crippen LogP contribution in [0.1, 0.15) is 12.1 Å². The van der Waals surface area contributed by atoms with Gasteiger partial charge in [0.2, 0.25) is 5.88 Å². The number of halogens is 2. The van der Waals surface area contributed by atoms with Crippen molar-refractivity contribution in [3.8, 4) is 17.1 Å². The molecule has 1 aromatic carbocycles. The molecule has 2 aromatic heterocycles. The first-order valence-electron chi connectivity index (χ1n) is 8.10. The van der Waals surface area contributed by atoms with Crippen LogP contribution in [-0.2, 0) is 0 Å². The highest BCUT2D eigenvalue weighted by molar-refractivity contribution is 5.86. The van der Waals surface area contributed by atoms with E-state index in [1.54, 1.807) is 6.07 Å². The molecule has 2 atom stereocenters. The van der Waals surface area contributed by atoms with E-state index in [2.05, 4.69) is 25.5 Å². The number of ether oxygens (including phenoxy) is 1. The minimum Gasteiger partial charge on any atom is -0.470 e. The lowest BCUT2D eigenvalue weighted by Gasteiger charge is -2.26. The monoisotopic (exact) mass is 345 g/mol. The number of piperidine rings is 1. The second-order valence-electron chi connectivity index (χ2n) is 6.11. The molecule has 3 aromatic rings. The van der Waals surface area contributed by atoms with Gasteiger partial charge >= 0.3 is 0 Å². The van der Waals surface area contributed by atoms with Crippen LogP contribution in [0, 0.1) is 12.7 Å². The molecule has 0 spiro atoms. The molecule has 1 saturated heterocycles. The number of fused-ring (bicyclic) bond motifs is 1. The van der Waals surface area contributed by atoms with Crippen molar-refractivity contribution in [1.82, 2.24) is 25.5 Å². The van der Waals surface area contributed by atoms with Crippen molar-refractivity contribution in [3.05, 3.63) is 36.0 Å². The van der Waals surface area contributed by atoms with Crippen molar-refractivity contribution >= 4 is 10.9 Å². The molecule has 25 heavy (non-hydrogen) atoms. The largest absolute Gasteiger partial charge is 0.470 e. The van der Waals surface area contributed by atoms with Crippen molar-refractivity contribution in [2.45, 2.75) is 25.6 Å². The molecule has 4 rings (SSSR count). The van der Waals surface area contributed by atoms with Crippen molar-refractivity contribution in [2.75, 3.05) is 13.1 Å². The minimum absolute atomic E-state index is 0.190. The molecule has 1 unspecified atom stereocenters. The van der Waals surface area contributed by atoms with Gasteiger partial charge in [0.15, 0.2) is 0 Å². The Kier molecular flexibility index (Phi) is 4.04. The van der Waals surface area contributed by atoms with Gasteiger partial charge in [-0.1, -0.05) is 0 Å². The summed E-state index contributed by atoms with van der Waals surface area (Å²) in [6, 6.07) is 3.04. The molecule has 0 saturated carbocycles. The number of aryl methyl sites for hydroxylation is 1. The van der Waals surface area contributed by atoms with Crippen LogP contribution in [0.3, 0.4) is 0 Å². The van der Waals surface area contributed by atoms with E-state index in [1.807, 2.05) is 6.92 Å². The van der Waals surface area contributed by atoms with E-state index in [4.69, 9.17) is 4.74 Å². The van der Waals surface area contributed by atoms with E-state index in [-0.39, 0.29) is 12.4 Å². The lowest BCUT2D eigenvalue weighted by atomic mass is 10.1. The Morgan fingerprint density at radius 1 is 1.28 bits per heavy atom. The zero-order valence-corrected chi connectivity index (χ0v) is 13.6. The van der Waals surface area contributed by atoms with Gasteiger partial charge in [-0.15, -0.1) is 0 Å². The fourth-order valence-electron chi connectivity index (χ4n) is 2.98. The van der Waals surface area contributed by atoms with Crippen LogP contribution in [0.5, 0.6) is 5.88 Å². The summed E-state index contributed by atoms with van der Waals surface area (Å²) in [4.78, 5) is 8.38. The number of H-pyrrole nitrogens is 1. The third kappa shape index (κ3) is 3.05. The Balaban J connectivity index is 1.67. The van der Waals surface area contributed by atoms with Crippen LogP contribution >= 0.6 is 0 Å². The second kappa shape index (κ2) is 6.36. The Bertz CT molecular complexity index is 913. The highest BCUT2D eigenvalue weighted by atomic mass is 19.1. The number of rotatable bonds is 3. The number of nitrogens with one attached hydrogen (secondary N) is 2. The number of aromatic nitrogens is 4. The van der Waals surface area contributed by atoms with Gasteiger partial charge in [-0.3, -0.25) is 10.1 Å². The molecule has 130 valence electrons. The number of alkyl halides is 1. The predicted molar refractivity (Wildman–Crippen MR) is 88.6 cm³/mol. The van der Waals surface area contributed by atoms with E-state index in [0.717, 1.165) is 11.1 Å². The highest BCUT2D eigenvalue weighted by Gasteiger charge is 2.27. The molecule has 0 amide bonds. The molecule has 3 heterocycles. The summed E-state index contributed by atoms with van der Waals surface area (Å²) in [5, 5.41) is 10.6. The Morgan fingerprint density at radius 2 is 2.16 bits per heavy atom. The van der Waals surface area contributed by atoms with Gasteiger partial charge in [-0.2, -0.15) is 5.10 Å². The maximum atomic E-state index is 14.4. The first-order chi connectivity index (χ1) is 12.1. The van der Waals surface area contributed by atoms with E-state index in [0.29, 0.717) is 29.7 Å². The third-order valence-corrected chi connectivity index (χ3v) is 4.34. The van der Waals surface area contributed by atoms with Gasteiger partial charge in [-0.25, -0.2) is 13.8 Å². The molecule has 2 N–H and O–H groups in total. The summed E-state index contributed by atoms with van der Waals surface area (Å²) < 4.78 is 34.0. The van der Waals surface area contributed by atoms with Crippen molar-refractivity contribution < 1.29 is 13.5 Å². The zero-order valence-electron chi connectivity index (χ0n) is 13.6. The fourth-order valence-corrected chi connectivity index (χ4v) is 2.98. The van der Waals surface area contributed by atoms with Crippen LogP contribution < -0.4 is 10.1 Å². The highest BCUT2D eigenvalue weighted by Crippen LogP contribution is 2.28. The quantitative estimate of drug-likeness (QED) is 0.763. The lowest BCUT2D eigenvalue weighted by molar-refractivity contribution is 0.0691. The summed E-state index contributed by atoms with van der Waals surface area (Å²) in [6.07, 6.45) is 1.73. The Labute approximate surface area is 142 Å². The summed E-state index contributed by atoms with van der Waals surface area (Å²) >= 11 is 0. The molecular formula is C17H17F2N5O. The van der Waals surface area contributed by atoms with Crippen LogP contribution in [0.2, 0.25) is 0 Å².